The molecule has 0 saturated heterocycles. The van der Waals surface area contributed by atoms with Crippen molar-refractivity contribution in [2.75, 3.05) is 19.8 Å². The van der Waals surface area contributed by atoms with Crippen LogP contribution < -0.4 is 29.6 Å². The zero-order chi connectivity index (χ0) is 24.1. The number of benzene rings is 2. The van der Waals surface area contributed by atoms with Crippen molar-refractivity contribution < 1.29 is 40.8 Å². The van der Waals surface area contributed by atoms with Crippen LogP contribution in [0.25, 0.3) is 6.08 Å². The zero-order valence-electron chi connectivity index (χ0n) is 21.7. The molecular formula is C30H35N2NaO2. The number of pyridine rings is 2. The fourth-order valence-corrected chi connectivity index (χ4v) is 2.93. The molecule has 5 heteroatoms. The number of ether oxygens (including phenoxy) is 1. The maximum Gasteiger partial charge on any atom is 1.00 e. The first-order chi connectivity index (χ1) is 16.8. The van der Waals surface area contributed by atoms with E-state index >= 15 is 0 Å². The van der Waals surface area contributed by atoms with Crippen molar-refractivity contribution in [2.24, 2.45) is 0 Å². The molecule has 178 valence electrons. The summed E-state index contributed by atoms with van der Waals surface area (Å²) in [7, 11) is 0. The molecule has 0 aliphatic rings. The molecular weight excluding hydrogens is 443 g/mol. The molecule has 35 heavy (non-hydrogen) atoms. The fourth-order valence-electron chi connectivity index (χ4n) is 2.93. The standard InChI is InChI=1S/C15H17NO.C8H10O.C7H7N.Na.H/c1-2-6-14(7-3-1)9-12-17-13-10-15-8-4-5-11-16-15;9-7-6-8-4-2-1-3-5-8;1-2-7-5-3-4-6-8-7;;/h1-8,11H,9-10,12-13H2;1-5,9H,6-7H2;2-6H,1H2;;/q;;;+1;-1. The van der Waals surface area contributed by atoms with E-state index in [1.807, 2.05) is 79.0 Å². The molecule has 0 unspecified atom stereocenters. The maximum absolute atomic E-state index is 8.52. The topological polar surface area (TPSA) is 55.2 Å². The van der Waals surface area contributed by atoms with Gasteiger partial charge in [-0.2, -0.15) is 0 Å². The summed E-state index contributed by atoms with van der Waals surface area (Å²) in [4.78, 5) is 8.23. The number of aliphatic hydroxyl groups is 1. The van der Waals surface area contributed by atoms with Gasteiger partial charge in [-0.25, -0.2) is 0 Å². The van der Waals surface area contributed by atoms with Gasteiger partial charge in [0.05, 0.1) is 18.9 Å². The number of hydrogen-bond donors (Lipinski definition) is 1. The van der Waals surface area contributed by atoms with E-state index in [0.29, 0.717) is 0 Å². The summed E-state index contributed by atoms with van der Waals surface area (Å²) in [6, 6.07) is 32.0. The van der Waals surface area contributed by atoms with Gasteiger partial charge in [-0.3, -0.25) is 9.97 Å². The van der Waals surface area contributed by atoms with Gasteiger partial charge in [-0.15, -0.1) is 0 Å². The van der Waals surface area contributed by atoms with E-state index < -0.39 is 0 Å². The monoisotopic (exact) mass is 478 g/mol. The van der Waals surface area contributed by atoms with Crippen molar-refractivity contribution >= 4 is 6.08 Å². The van der Waals surface area contributed by atoms with Crippen LogP contribution in [0.3, 0.4) is 0 Å². The van der Waals surface area contributed by atoms with Crippen molar-refractivity contribution in [3.63, 3.8) is 0 Å². The largest absolute Gasteiger partial charge is 1.00 e. The van der Waals surface area contributed by atoms with Crippen LogP contribution >= 0.6 is 0 Å². The van der Waals surface area contributed by atoms with Crippen molar-refractivity contribution in [1.29, 1.82) is 0 Å². The van der Waals surface area contributed by atoms with E-state index in [-0.39, 0.29) is 37.6 Å². The second-order valence-electron chi connectivity index (χ2n) is 7.34. The smallest absolute Gasteiger partial charge is 1.00 e. The molecule has 0 fully saturated rings. The molecule has 0 aliphatic heterocycles. The number of rotatable bonds is 9. The zero-order valence-corrected chi connectivity index (χ0v) is 22.7. The van der Waals surface area contributed by atoms with Gasteiger partial charge in [0, 0.05) is 31.1 Å². The third-order valence-corrected chi connectivity index (χ3v) is 4.75. The van der Waals surface area contributed by atoms with Crippen LogP contribution in [0.15, 0.2) is 116 Å². The Balaban J connectivity index is 0.000000548. The Morgan fingerprint density at radius 2 is 1.23 bits per heavy atom. The van der Waals surface area contributed by atoms with Crippen LogP contribution in [0.4, 0.5) is 0 Å². The summed E-state index contributed by atoms with van der Waals surface area (Å²) < 4.78 is 5.60. The predicted molar refractivity (Wildman–Crippen MR) is 142 cm³/mol. The molecule has 0 aliphatic carbocycles. The fraction of sp³-hybridized carbons (Fsp3) is 0.200. The Kier molecular flexibility index (Phi) is 18.0. The first-order valence-corrected chi connectivity index (χ1v) is 11.5. The molecule has 0 bridgehead atoms. The molecule has 0 saturated carbocycles. The van der Waals surface area contributed by atoms with E-state index in [9.17, 15) is 0 Å². The van der Waals surface area contributed by atoms with E-state index in [1.54, 1.807) is 12.3 Å². The summed E-state index contributed by atoms with van der Waals surface area (Å²) in [5, 5.41) is 8.52. The molecule has 0 amide bonds. The van der Waals surface area contributed by atoms with E-state index in [1.165, 1.54) is 11.1 Å². The summed E-state index contributed by atoms with van der Waals surface area (Å²) >= 11 is 0. The van der Waals surface area contributed by atoms with Crippen LogP contribution in [-0.2, 0) is 24.0 Å². The maximum atomic E-state index is 8.52. The number of aromatic nitrogens is 2. The molecule has 0 atom stereocenters. The average Bonchev–Trinajstić information content (AvgIpc) is 2.92. The molecule has 0 spiro atoms. The third kappa shape index (κ3) is 15.1. The number of aliphatic hydroxyl groups excluding tert-OH is 1. The molecule has 2 heterocycles. The normalized spacial score (nSPS) is 9.40. The second kappa shape index (κ2) is 20.7. The molecule has 4 rings (SSSR count). The van der Waals surface area contributed by atoms with Gasteiger partial charge >= 0.3 is 29.6 Å². The summed E-state index contributed by atoms with van der Waals surface area (Å²) in [6.45, 7) is 5.32. The van der Waals surface area contributed by atoms with Crippen molar-refractivity contribution in [1.82, 2.24) is 9.97 Å². The van der Waals surface area contributed by atoms with Crippen molar-refractivity contribution in [3.05, 3.63) is 139 Å². The Morgan fingerprint density at radius 1 is 0.686 bits per heavy atom. The number of nitrogens with zero attached hydrogens (tertiary/aromatic N) is 2. The molecule has 0 radical (unpaired) electrons. The van der Waals surface area contributed by atoms with E-state index in [0.717, 1.165) is 43.9 Å². The van der Waals surface area contributed by atoms with Gasteiger partial charge in [0.15, 0.2) is 0 Å². The second-order valence-corrected chi connectivity index (χ2v) is 7.34. The Hall–Kier alpha value is -2.60. The van der Waals surface area contributed by atoms with Gasteiger partial charge in [-0.05, 0) is 54.3 Å². The van der Waals surface area contributed by atoms with Gasteiger partial charge < -0.3 is 11.3 Å². The predicted octanol–water partition coefficient (Wildman–Crippen LogP) is 2.95. The Bertz CT molecular complexity index is 967. The molecule has 4 nitrogen and oxygen atoms in total. The summed E-state index contributed by atoms with van der Waals surface area (Å²) in [5.74, 6) is 0. The van der Waals surface area contributed by atoms with Crippen LogP contribution in [0.2, 0.25) is 0 Å². The van der Waals surface area contributed by atoms with Crippen LogP contribution in [0.1, 0.15) is 23.9 Å². The molecule has 1 N–H and O–H groups in total. The van der Waals surface area contributed by atoms with Gasteiger partial charge in [0.25, 0.3) is 0 Å². The van der Waals surface area contributed by atoms with Crippen molar-refractivity contribution in [2.45, 2.75) is 19.3 Å². The summed E-state index contributed by atoms with van der Waals surface area (Å²) in [6.07, 6.45) is 7.91. The Labute approximate surface area is 233 Å². The Morgan fingerprint density at radius 3 is 1.71 bits per heavy atom. The van der Waals surface area contributed by atoms with Gasteiger partial charge in [-0.1, -0.05) is 79.4 Å². The van der Waals surface area contributed by atoms with Crippen LogP contribution in [0, 0.1) is 0 Å². The quantitative estimate of drug-likeness (QED) is 0.297. The first-order valence-electron chi connectivity index (χ1n) is 11.5. The molecule has 4 aromatic rings. The van der Waals surface area contributed by atoms with Gasteiger partial charge in [0.2, 0.25) is 0 Å². The molecule has 2 aromatic carbocycles. The average molecular weight is 479 g/mol. The first kappa shape index (κ1) is 30.4. The van der Waals surface area contributed by atoms with Crippen molar-refractivity contribution in [3.8, 4) is 0 Å². The van der Waals surface area contributed by atoms with Crippen LogP contribution in [-0.4, -0.2) is 34.9 Å². The van der Waals surface area contributed by atoms with E-state index in [2.05, 4.69) is 40.8 Å². The SMILES string of the molecule is C=Cc1ccccn1.OCCc1ccccc1.[H-].[Na+].c1ccc(CCOCCc2ccccn2)cc1. The van der Waals surface area contributed by atoms with Gasteiger partial charge in [0.1, 0.15) is 0 Å². The molecule has 2 aromatic heterocycles. The minimum atomic E-state index is 0. The third-order valence-electron chi connectivity index (χ3n) is 4.75. The summed E-state index contributed by atoms with van der Waals surface area (Å²) in [5.41, 5.74) is 4.53. The number of hydrogen-bond acceptors (Lipinski definition) is 4. The minimum absolute atomic E-state index is 0. The van der Waals surface area contributed by atoms with Crippen LogP contribution in [0.5, 0.6) is 0 Å². The minimum Gasteiger partial charge on any atom is -1.00 e. The van der Waals surface area contributed by atoms with E-state index in [4.69, 9.17) is 9.84 Å².